The van der Waals surface area contributed by atoms with Crippen LogP contribution >= 0.6 is 0 Å². The minimum Gasteiger partial charge on any atom is -0.453 e. The highest BCUT2D eigenvalue weighted by molar-refractivity contribution is 5.90. The van der Waals surface area contributed by atoms with E-state index >= 15 is 0 Å². The van der Waals surface area contributed by atoms with Crippen molar-refractivity contribution in [1.82, 2.24) is 0 Å². The van der Waals surface area contributed by atoms with Crippen LogP contribution in [0.5, 0.6) is 11.5 Å². The maximum absolute atomic E-state index is 11.1. The number of benzene rings is 6. The fourth-order valence-electron chi connectivity index (χ4n) is 5.03. The number of hydrogen-bond donors (Lipinski definition) is 3. The van der Waals surface area contributed by atoms with Gasteiger partial charge >= 0.3 is 0 Å². The van der Waals surface area contributed by atoms with Gasteiger partial charge in [0.1, 0.15) is 0 Å². The smallest absolute Gasteiger partial charge is 0.270 e. The first-order chi connectivity index (χ1) is 20.4. The van der Waals surface area contributed by atoms with Crippen LogP contribution in [0.2, 0.25) is 0 Å². The van der Waals surface area contributed by atoms with E-state index in [1.165, 1.54) is 12.1 Å². The second-order valence-electron chi connectivity index (χ2n) is 9.91. The number of rotatable bonds is 6. The third kappa shape index (κ3) is 4.73. The number of non-ortho nitro benzene ring substituents is 2. The first-order valence-electron chi connectivity index (χ1n) is 13.0. The van der Waals surface area contributed by atoms with E-state index in [9.17, 15) is 20.2 Å². The number of nitro benzene ring substituents is 2. The number of fused-ring (bicyclic) bond motifs is 4. The predicted molar refractivity (Wildman–Crippen MR) is 164 cm³/mol. The molecule has 0 saturated carbocycles. The molecule has 0 saturated heterocycles. The zero-order chi connectivity index (χ0) is 28.8. The summed E-state index contributed by atoms with van der Waals surface area (Å²) in [6.07, 6.45) is 0. The van der Waals surface area contributed by atoms with Crippen molar-refractivity contribution in [3.63, 3.8) is 0 Å². The van der Waals surface area contributed by atoms with Crippen LogP contribution in [0.25, 0.3) is 21.5 Å². The summed E-state index contributed by atoms with van der Waals surface area (Å²) >= 11 is 0. The topological polar surface area (TPSA) is 132 Å². The lowest BCUT2D eigenvalue weighted by Crippen LogP contribution is -2.04. The molecule has 6 aromatic rings. The lowest BCUT2D eigenvalue weighted by Gasteiger charge is -2.23. The van der Waals surface area contributed by atoms with E-state index in [0.29, 0.717) is 11.5 Å². The van der Waals surface area contributed by atoms with Crippen LogP contribution in [0.15, 0.2) is 109 Å². The van der Waals surface area contributed by atoms with E-state index in [1.54, 1.807) is 24.3 Å². The molecule has 3 N–H and O–H groups in total. The summed E-state index contributed by atoms with van der Waals surface area (Å²) in [5.41, 5.74) is 5.16. The van der Waals surface area contributed by atoms with E-state index in [2.05, 4.69) is 16.0 Å². The standard InChI is InChI=1S/C32H21N5O5/c38-36(39)27-9-3-19-13-23(5-1-21(19)15-27)33-25-8-12-31-30(17-25)35-29-11-7-26(18-32(29)42-31)34-24-6-2-22-16-28(37(40)41)10-4-20(22)14-24/h1-18,33-35H. The molecule has 42 heavy (non-hydrogen) atoms. The van der Waals surface area contributed by atoms with Gasteiger partial charge in [-0.1, -0.05) is 12.1 Å². The molecule has 0 atom stereocenters. The highest BCUT2D eigenvalue weighted by atomic mass is 16.6. The Morgan fingerprint density at radius 2 is 0.976 bits per heavy atom. The van der Waals surface area contributed by atoms with Crippen LogP contribution in [0.4, 0.5) is 45.5 Å². The molecule has 0 spiro atoms. The second-order valence-corrected chi connectivity index (χ2v) is 9.91. The van der Waals surface area contributed by atoms with Gasteiger partial charge in [0, 0.05) is 53.1 Å². The monoisotopic (exact) mass is 555 g/mol. The van der Waals surface area contributed by atoms with Crippen molar-refractivity contribution >= 4 is 67.0 Å². The first kappa shape index (κ1) is 24.9. The maximum Gasteiger partial charge on any atom is 0.270 e. The van der Waals surface area contributed by atoms with E-state index < -0.39 is 9.85 Å². The minimum absolute atomic E-state index is 0.0643. The summed E-state index contributed by atoms with van der Waals surface area (Å²) < 4.78 is 6.21. The molecule has 10 heteroatoms. The Labute approximate surface area is 238 Å². The molecular weight excluding hydrogens is 534 g/mol. The molecule has 204 valence electrons. The summed E-state index contributed by atoms with van der Waals surface area (Å²) in [6, 6.07) is 32.6. The Kier molecular flexibility index (Phi) is 5.79. The van der Waals surface area contributed by atoms with Crippen molar-refractivity contribution < 1.29 is 14.6 Å². The van der Waals surface area contributed by atoms with Gasteiger partial charge in [-0.15, -0.1) is 0 Å². The van der Waals surface area contributed by atoms with Gasteiger partial charge in [-0.25, -0.2) is 0 Å². The van der Waals surface area contributed by atoms with Crippen molar-refractivity contribution in [2.24, 2.45) is 0 Å². The van der Waals surface area contributed by atoms with Crippen molar-refractivity contribution in [3.05, 3.63) is 129 Å². The molecule has 0 amide bonds. The van der Waals surface area contributed by atoms with Crippen LogP contribution in [0.1, 0.15) is 0 Å². The number of nitrogens with one attached hydrogen (secondary N) is 3. The van der Waals surface area contributed by atoms with Crippen LogP contribution in [0.3, 0.4) is 0 Å². The zero-order valence-electron chi connectivity index (χ0n) is 21.8. The van der Waals surface area contributed by atoms with Gasteiger partial charge in [-0.3, -0.25) is 20.2 Å². The van der Waals surface area contributed by atoms with Crippen LogP contribution < -0.4 is 20.7 Å². The van der Waals surface area contributed by atoms with E-state index in [4.69, 9.17) is 4.74 Å². The fraction of sp³-hybridized carbons (Fsp3) is 0. The number of hydrogen-bond acceptors (Lipinski definition) is 8. The van der Waals surface area contributed by atoms with E-state index in [0.717, 1.165) is 55.7 Å². The molecular formula is C32H21N5O5. The normalized spacial score (nSPS) is 11.6. The third-order valence-corrected chi connectivity index (χ3v) is 7.10. The van der Waals surface area contributed by atoms with Crippen molar-refractivity contribution in [2.75, 3.05) is 16.0 Å². The first-order valence-corrected chi connectivity index (χ1v) is 13.0. The minimum atomic E-state index is -0.397. The van der Waals surface area contributed by atoms with Gasteiger partial charge in [-0.2, -0.15) is 0 Å². The second kappa shape index (κ2) is 9.79. The fourth-order valence-corrected chi connectivity index (χ4v) is 5.03. The van der Waals surface area contributed by atoms with E-state index in [1.807, 2.05) is 72.8 Å². The average Bonchev–Trinajstić information content (AvgIpc) is 2.99. The summed E-state index contributed by atoms with van der Waals surface area (Å²) in [7, 11) is 0. The predicted octanol–water partition coefficient (Wildman–Crippen LogP) is 9.15. The summed E-state index contributed by atoms with van der Waals surface area (Å²) in [5, 5.41) is 35.7. The van der Waals surface area contributed by atoms with Crippen LogP contribution in [-0.2, 0) is 0 Å². The van der Waals surface area contributed by atoms with Crippen LogP contribution in [0, 0.1) is 20.2 Å². The molecule has 10 nitrogen and oxygen atoms in total. The zero-order valence-corrected chi connectivity index (χ0v) is 21.8. The van der Waals surface area contributed by atoms with Gasteiger partial charge in [0.25, 0.3) is 11.4 Å². The summed E-state index contributed by atoms with van der Waals surface area (Å²) in [5.74, 6) is 1.36. The van der Waals surface area contributed by atoms with Crippen molar-refractivity contribution in [3.8, 4) is 11.5 Å². The molecule has 1 aliphatic heterocycles. The number of nitrogens with zero attached hydrogens (tertiary/aromatic N) is 2. The Morgan fingerprint density at radius 3 is 1.57 bits per heavy atom. The van der Waals surface area contributed by atoms with Gasteiger partial charge in [-0.05, 0) is 88.3 Å². The number of ether oxygens (including phenoxy) is 1. The SMILES string of the molecule is O=[N+]([O-])c1ccc2cc(Nc3ccc4c(c3)Nc3ccc(Nc5ccc6cc([N+](=O)[O-])ccc6c5)cc3O4)ccc2c1. The molecule has 0 aromatic heterocycles. The summed E-state index contributed by atoms with van der Waals surface area (Å²) in [6.45, 7) is 0. The van der Waals surface area contributed by atoms with E-state index in [-0.39, 0.29) is 11.4 Å². The van der Waals surface area contributed by atoms with Crippen molar-refractivity contribution in [1.29, 1.82) is 0 Å². The molecule has 7 rings (SSSR count). The Morgan fingerprint density at radius 1 is 0.500 bits per heavy atom. The Balaban J connectivity index is 1.07. The number of nitro groups is 2. The highest BCUT2D eigenvalue weighted by Gasteiger charge is 2.18. The molecule has 0 aliphatic carbocycles. The molecule has 0 radical (unpaired) electrons. The van der Waals surface area contributed by atoms with Crippen molar-refractivity contribution in [2.45, 2.75) is 0 Å². The number of anilines is 6. The van der Waals surface area contributed by atoms with Crippen LogP contribution in [-0.4, -0.2) is 9.85 Å². The molecule has 1 heterocycles. The molecule has 0 unspecified atom stereocenters. The van der Waals surface area contributed by atoms with Gasteiger partial charge < -0.3 is 20.7 Å². The lowest BCUT2D eigenvalue weighted by atomic mass is 10.1. The maximum atomic E-state index is 11.1. The molecule has 6 aromatic carbocycles. The van der Waals surface area contributed by atoms with Gasteiger partial charge in [0.05, 0.1) is 21.2 Å². The molecule has 0 bridgehead atoms. The average molecular weight is 556 g/mol. The largest absolute Gasteiger partial charge is 0.453 e. The quantitative estimate of drug-likeness (QED) is 0.137. The Bertz CT molecular complexity index is 1930. The molecule has 1 aliphatic rings. The lowest BCUT2D eigenvalue weighted by molar-refractivity contribution is -0.384. The summed E-state index contributed by atoms with van der Waals surface area (Å²) in [4.78, 5) is 21.3. The van der Waals surface area contributed by atoms with Gasteiger partial charge in [0.2, 0.25) is 0 Å². The highest BCUT2D eigenvalue weighted by Crippen LogP contribution is 2.44. The Hall–Kier alpha value is -6.16. The third-order valence-electron chi connectivity index (χ3n) is 7.10. The van der Waals surface area contributed by atoms with Gasteiger partial charge in [0.15, 0.2) is 11.5 Å². The molecule has 0 fully saturated rings.